The molecule has 0 saturated heterocycles. The fourth-order valence-electron chi connectivity index (χ4n) is 2.37. The molecule has 3 nitrogen and oxygen atoms in total. The zero-order valence-corrected chi connectivity index (χ0v) is 9.94. The number of aromatic amines is 1. The molecule has 18 heavy (non-hydrogen) atoms. The standard InChI is InChI=1S/C15H11N3/c1-9-6-7-12-13(8-9)16-14-10-4-2-3-5-11(10)17-15(14)18-12/h2-8H,1H3,(H,17,18). The molecule has 0 atom stereocenters. The highest BCUT2D eigenvalue weighted by molar-refractivity contribution is 6.05. The van der Waals surface area contributed by atoms with Crippen LogP contribution in [0.15, 0.2) is 42.5 Å². The topological polar surface area (TPSA) is 41.6 Å². The molecule has 2 heterocycles. The third-order valence-electron chi connectivity index (χ3n) is 3.25. The van der Waals surface area contributed by atoms with Crippen molar-refractivity contribution in [2.75, 3.05) is 0 Å². The summed E-state index contributed by atoms with van der Waals surface area (Å²) in [5, 5.41) is 1.13. The first-order chi connectivity index (χ1) is 8.81. The highest BCUT2D eigenvalue weighted by Crippen LogP contribution is 2.24. The van der Waals surface area contributed by atoms with E-state index in [0.717, 1.165) is 33.1 Å². The Morgan fingerprint density at radius 3 is 2.78 bits per heavy atom. The van der Waals surface area contributed by atoms with Gasteiger partial charge in [0.05, 0.1) is 11.0 Å². The third kappa shape index (κ3) is 1.24. The minimum atomic E-state index is 0.854. The maximum Gasteiger partial charge on any atom is 0.157 e. The third-order valence-corrected chi connectivity index (χ3v) is 3.25. The van der Waals surface area contributed by atoms with Crippen LogP contribution in [0, 0.1) is 6.92 Å². The summed E-state index contributed by atoms with van der Waals surface area (Å²) in [5.74, 6) is 0. The maximum atomic E-state index is 4.73. The Hall–Kier alpha value is -2.42. The predicted octanol–water partition coefficient (Wildman–Crippen LogP) is 3.57. The van der Waals surface area contributed by atoms with E-state index in [1.54, 1.807) is 0 Å². The Labute approximate surface area is 103 Å². The summed E-state index contributed by atoms with van der Waals surface area (Å²) < 4.78 is 0. The van der Waals surface area contributed by atoms with Gasteiger partial charge in [-0.3, -0.25) is 0 Å². The molecule has 1 N–H and O–H groups in total. The Bertz CT molecular complexity index is 890. The van der Waals surface area contributed by atoms with E-state index in [9.17, 15) is 0 Å². The van der Waals surface area contributed by atoms with Crippen molar-refractivity contribution >= 4 is 33.1 Å². The molecular weight excluding hydrogens is 222 g/mol. The second-order valence-corrected chi connectivity index (χ2v) is 4.58. The average Bonchev–Trinajstić information content (AvgIpc) is 2.74. The van der Waals surface area contributed by atoms with E-state index in [2.05, 4.69) is 41.2 Å². The first-order valence-corrected chi connectivity index (χ1v) is 5.96. The Kier molecular flexibility index (Phi) is 1.75. The zero-order chi connectivity index (χ0) is 12.1. The number of hydrogen-bond acceptors (Lipinski definition) is 2. The number of benzene rings is 2. The van der Waals surface area contributed by atoms with Crippen molar-refractivity contribution in [3.05, 3.63) is 48.0 Å². The fraction of sp³-hybridized carbons (Fsp3) is 0.0667. The molecule has 4 rings (SSSR count). The van der Waals surface area contributed by atoms with Crippen molar-refractivity contribution in [1.29, 1.82) is 0 Å². The predicted molar refractivity (Wildman–Crippen MR) is 73.6 cm³/mol. The van der Waals surface area contributed by atoms with Crippen LogP contribution in [-0.4, -0.2) is 15.0 Å². The van der Waals surface area contributed by atoms with Crippen molar-refractivity contribution in [2.24, 2.45) is 0 Å². The van der Waals surface area contributed by atoms with Crippen molar-refractivity contribution in [3.63, 3.8) is 0 Å². The van der Waals surface area contributed by atoms with Gasteiger partial charge in [0, 0.05) is 10.9 Å². The summed E-state index contributed by atoms with van der Waals surface area (Å²) in [6.07, 6.45) is 0. The normalized spacial score (nSPS) is 11.6. The van der Waals surface area contributed by atoms with E-state index >= 15 is 0 Å². The molecule has 0 aliphatic carbocycles. The molecule has 0 amide bonds. The second-order valence-electron chi connectivity index (χ2n) is 4.58. The number of nitrogens with one attached hydrogen (secondary N) is 1. The summed E-state index contributed by atoms with van der Waals surface area (Å²) in [6.45, 7) is 2.07. The van der Waals surface area contributed by atoms with Crippen LogP contribution in [0.5, 0.6) is 0 Å². The Morgan fingerprint density at radius 2 is 1.83 bits per heavy atom. The highest BCUT2D eigenvalue weighted by atomic mass is 14.9. The molecule has 0 bridgehead atoms. The van der Waals surface area contributed by atoms with E-state index < -0.39 is 0 Å². The Balaban J connectivity index is 2.24. The number of H-pyrrole nitrogens is 1. The van der Waals surface area contributed by atoms with Crippen LogP contribution < -0.4 is 0 Å². The van der Waals surface area contributed by atoms with Gasteiger partial charge < -0.3 is 4.98 Å². The van der Waals surface area contributed by atoms with E-state index in [1.165, 1.54) is 5.56 Å². The van der Waals surface area contributed by atoms with Gasteiger partial charge in [-0.25, -0.2) is 9.97 Å². The monoisotopic (exact) mass is 233 g/mol. The van der Waals surface area contributed by atoms with Crippen LogP contribution in [0.4, 0.5) is 0 Å². The largest absolute Gasteiger partial charge is 0.338 e. The van der Waals surface area contributed by atoms with Gasteiger partial charge in [-0.05, 0) is 30.7 Å². The molecule has 0 fully saturated rings. The van der Waals surface area contributed by atoms with Gasteiger partial charge >= 0.3 is 0 Å². The number of aromatic nitrogens is 3. The van der Waals surface area contributed by atoms with Crippen LogP contribution in [0.3, 0.4) is 0 Å². The average molecular weight is 233 g/mol. The molecule has 0 saturated carbocycles. The summed E-state index contributed by atoms with van der Waals surface area (Å²) in [5.41, 5.74) is 5.97. The molecule has 2 aromatic carbocycles. The number of rotatable bonds is 0. The van der Waals surface area contributed by atoms with Gasteiger partial charge in [-0.1, -0.05) is 24.3 Å². The molecule has 0 aliphatic rings. The summed E-state index contributed by atoms with van der Waals surface area (Å²) in [6, 6.07) is 14.3. The van der Waals surface area contributed by atoms with Gasteiger partial charge in [-0.2, -0.15) is 0 Å². The van der Waals surface area contributed by atoms with Crippen LogP contribution in [0.2, 0.25) is 0 Å². The van der Waals surface area contributed by atoms with Crippen molar-refractivity contribution in [2.45, 2.75) is 6.92 Å². The fourth-order valence-corrected chi connectivity index (χ4v) is 2.37. The van der Waals surface area contributed by atoms with E-state index in [0.29, 0.717) is 0 Å². The molecule has 0 spiro atoms. The molecule has 86 valence electrons. The smallest absolute Gasteiger partial charge is 0.157 e. The molecule has 0 aliphatic heterocycles. The van der Waals surface area contributed by atoms with Crippen LogP contribution >= 0.6 is 0 Å². The van der Waals surface area contributed by atoms with Crippen LogP contribution in [-0.2, 0) is 0 Å². The summed E-state index contributed by atoms with van der Waals surface area (Å²) in [4.78, 5) is 12.7. The number of hydrogen-bond donors (Lipinski definition) is 1. The number of aryl methyl sites for hydroxylation is 1. The number of fused-ring (bicyclic) bond motifs is 4. The minimum absolute atomic E-state index is 0.854. The maximum absolute atomic E-state index is 4.73. The summed E-state index contributed by atoms with van der Waals surface area (Å²) in [7, 11) is 0. The second kappa shape index (κ2) is 3.29. The lowest BCUT2D eigenvalue weighted by Gasteiger charge is -1.98. The van der Waals surface area contributed by atoms with Gasteiger partial charge in [0.25, 0.3) is 0 Å². The molecule has 2 aromatic heterocycles. The lowest BCUT2D eigenvalue weighted by atomic mass is 10.2. The quantitative estimate of drug-likeness (QED) is 0.504. The zero-order valence-electron chi connectivity index (χ0n) is 9.94. The van der Waals surface area contributed by atoms with Gasteiger partial charge in [0.15, 0.2) is 5.65 Å². The lowest BCUT2D eigenvalue weighted by molar-refractivity contribution is 1.34. The molecule has 0 radical (unpaired) electrons. The van der Waals surface area contributed by atoms with Gasteiger partial charge in [0.1, 0.15) is 5.52 Å². The van der Waals surface area contributed by atoms with E-state index in [-0.39, 0.29) is 0 Å². The number of nitrogens with zero attached hydrogens (tertiary/aromatic N) is 2. The molecule has 4 aromatic rings. The molecule has 3 heteroatoms. The van der Waals surface area contributed by atoms with E-state index in [1.807, 2.05) is 18.2 Å². The minimum Gasteiger partial charge on any atom is -0.338 e. The number of para-hydroxylation sites is 1. The Morgan fingerprint density at radius 1 is 0.944 bits per heavy atom. The molecular formula is C15H11N3. The van der Waals surface area contributed by atoms with Crippen molar-refractivity contribution in [3.8, 4) is 0 Å². The molecule has 0 unspecified atom stereocenters. The SMILES string of the molecule is Cc1ccc2nc3[nH]c4ccccc4c3nc2c1. The van der Waals surface area contributed by atoms with E-state index in [4.69, 9.17) is 4.98 Å². The van der Waals surface area contributed by atoms with Gasteiger partial charge in [0.2, 0.25) is 0 Å². The first-order valence-electron chi connectivity index (χ1n) is 5.96. The lowest BCUT2D eigenvalue weighted by Crippen LogP contribution is -1.86. The van der Waals surface area contributed by atoms with Crippen LogP contribution in [0.1, 0.15) is 5.56 Å². The first kappa shape index (κ1) is 9.59. The van der Waals surface area contributed by atoms with Crippen molar-refractivity contribution < 1.29 is 0 Å². The van der Waals surface area contributed by atoms with Crippen LogP contribution in [0.25, 0.3) is 33.1 Å². The highest BCUT2D eigenvalue weighted by Gasteiger charge is 2.07. The summed E-state index contributed by atoms with van der Waals surface area (Å²) >= 11 is 0. The van der Waals surface area contributed by atoms with Crippen molar-refractivity contribution in [1.82, 2.24) is 15.0 Å². The van der Waals surface area contributed by atoms with Gasteiger partial charge in [-0.15, -0.1) is 0 Å².